The van der Waals surface area contributed by atoms with Crippen molar-refractivity contribution in [3.05, 3.63) is 30.1 Å². The summed E-state index contributed by atoms with van der Waals surface area (Å²) < 4.78 is 61.7. The molecule has 1 aromatic rings. The van der Waals surface area contributed by atoms with E-state index in [0.717, 1.165) is 12.1 Å². The van der Waals surface area contributed by atoms with E-state index >= 15 is 0 Å². The van der Waals surface area contributed by atoms with E-state index in [9.17, 15) is 21.2 Å². The molecular weight excluding hydrogens is 317 g/mol. The lowest BCUT2D eigenvalue weighted by Gasteiger charge is -2.22. The molecule has 1 aromatic carbocycles. The van der Waals surface area contributed by atoms with Gasteiger partial charge in [0.2, 0.25) is 0 Å². The van der Waals surface area contributed by atoms with Gasteiger partial charge in [-0.2, -0.15) is 0 Å². The summed E-state index contributed by atoms with van der Waals surface area (Å²) in [5, 5.41) is 1.96. The van der Waals surface area contributed by atoms with Crippen molar-refractivity contribution in [3.63, 3.8) is 0 Å². The molecule has 8 heteroatoms. The fraction of sp³-hybridized carbons (Fsp3) is 0.538. The molecule has 0 unspecified atom stereocenters. The van der Waals surface area contributed by atoms with Gasteiger partial charge in [-0.25, -0.2) is 21.2 Å². The maximum atomic E-state index is 12.9. The molecule has 5 nitrogen and oxygen atoms in total. The molecule has 1 saturated heterocycles. The van der Waals surface area contributed by atoms with Gasteiger partial charge in [0.25, 0.3) is 0 Å². The van der Waals surface area contributed by atoms with Crippen molar-refractivity contribution in [2.75, 3.05) is 11.5 Å². The lowest BCUT2D eigenvalue weighted by Crippen LogP contribution is -2.46. The van der Waals surface area contributed by atoms with Crippen molar-refractivity contribution in [3.8, 4) is 0 Å². The van der Waals surface area contributed by atoms with Crippen LogP contribution < -0.4 is 5.32 Å². The Morgan fingerprint density at radius 1 is 1.19 bits per heavy atom. The maximum Gasteiger partial charge on any atom is 0.183 e. The molecule has 118 valence electrons. The van der Waals surface area contributed by atoms with Gasteiger partial charge >= 0.3 is 0 Å². The molecule has 1 heterocycles. The van der Waals surface area contributed by atoms with Gasteiger partial charge in [-0.05, 0) is 24.3 Å². The van der Waals surface area contributed by atoms with E-state index in [1.807, 2.05) is 13.8 Å². The van der Waals surface area contributed by atoms with Crippen molar-refractivity contribution in [2.45, 2.75) is 36.1 Å². The Bertz CT molecular complexity index is 711. The smallest absolute Gasteiger partial charge is 0.183 e. The highest BCUT2D eigenvalue weighted by molar-refractivity contribution is 7.96. The van der Waals surface area contributed by atoms with Gasteiger partial charge < -0.3 is 5.32 Å². The summed E-state index contributed by atoms with van der Waals surface area (Å²) in [6.45, 7) is 3.65. The normalized spacial score (nSPS) is 25.3. The molecule has 0 aliphatic carbocycles. The molecule has 0 amide bonds. The van der Waals surface area contributed by atoms with Gasteiger partial charge in [-0.15, -0.1) is 0 Å². The van der Waals surface area contributed by atoms with Crippen molar-refractivity contribution >= 4 is 19.7 Å². The topological polar surface area (TPSA) is 80.3 Å². The zero-order chi connectivity index (χ0) is 15.8. The molecule has 1 aliphatic heterocycles. The van der Waals surface area contributed by atoms with Gasteiger partial charge in [0, 0.05) is 12.1 Å². The average Bonchev–Trinajstić information content (AvgIpc) is 2.64. The number of nitrogens with one attached hydrogen (secondary N) is 1. The van der Waals surface area contributed by atoms with Gasteiger partial charge in [0.05, 0.1) is 21.7 Å². The Morgan fingerprint density at radius 2 is 1.76 bits per heavy atom. The molecule has 1 aliphatic rings. The van der Waals surface area contributed by atoms with Crippen LogP contribution >= 0.6 is 0 Å². The molecular formula is C13H18FNO4S2. The van der Waals surface area contributed by atoms with E-state index in [0.29, 0.717) is 0 Å². The second-order valence-electron chi connectivity index (χ2n) is 5.54. The summed E-state index contributed by atoms with van der Waals surface area (Å²) in [6, 6.07) is 3.77. The third-order valence-corrected chi connectivity index (χ3v) is 7.56. The zero-order valence-corrected chi connectivity index (χ0v) is 13.4. The maximum absolute atomic E-state index is 12.9. The van der Waals surface area contributed by atoms with Crippen LogP contribution in [0.25, 0.3) is 0 Å². The number of hydrogen-bond acceptors (Lipinski definition) is 5. The molecule has 0 bridgehead atoms. The number of sulfone groups is 2. The number of hydrogen-bond donors (Lipinski definition) is 1. The number of halogens is 1. The zero-order valence-electron chi connectivity index (χ0n) is 11.8. The van der Waals surface area contributed by atoms with E-state index < -0.39 is 42.5 Å². The minimum Gasteiger partial charge on any atom is -0.309 e. The van der Waals surface area contributed by atoms with E-state index in [2.05, 4.69) is 5.32 Å². The van der Waals surface area contributed by atoms with Gasteiger partial charge in [0.15, 0.2) is 19.7 Å². The molecule has 1 N–H and O–H groups in total. The summed E-state index contributed by atoms with van der Waals surface area (Å²) in [5.74, 6) is -1.14. The van der Waals surface area contributed by atoms with Crippen molar-refractivity contribution < 1.29 is 21.2 Å². The fourth-order valence-electron chi connectivity index (χ4n) is 2.50. The second-order valence-corrected chi connectivity index (χ2v) is 9.86. The molecule has 2 rings (SSSR count). The first-order valence-electron chi connectivity index (χ1n) is 6.58. The molecule has 0 radical (unpaired) electrons. The third-order valence-electron chi connectivity index (χ3n) is 3.39. The van der Waals surface area contributed by atoms with Crippen LogP contribution in [0.15, 0.2) is 29.2 Å². The van der Waals surface area contributed by atoms with Crippen LogP contribution in [0.2, 0.25) is 0 Å². The van der Waals surface area contributed by atoms with Crippen molar-refractivity contribution in [2.24, 2.45) is 0 Å². The van der Waals surface area contributed by atoms with Gasteiger partial charge in [0.1, 0.15) is 5.82 Å². The predicted octanol–water partition coefficient (Wildman–Crippen LogP) is 0.763. The van der Waals surface area contributed by atoms with Crippen LogP contribution in [0.5, 0.6) is 0 Å². The first-order chi connectivity index (χ1) is 9.62. The van der Waals surface area contributed by atoms with Crippen molar-refractivity contribution in [1.82, 2.24) is 5.32 Å². The number of rotatable bonds is 4. The summed E-state index contributed by atoms with van der Waals surface area (Å²) in [7, 11) is -7.23. The highest BCUT2D eigenvalue weighted by Gasteiger charge is 2.45. The van der Waals surface area contributed by atoms with Crippen LogP contribution in [0.1, 0.15) is 13.8 Å². The molecule has 2 atom stereocenters. The molecule has 0 saturated carbocycles. The molecule has 0 aromatic heterocycles. The standard InChI is InChI=1S/C13H18FNO4S2/c1-9(2)15-12-7-20(16,17)8-13(12)21(18,19)11-5-3-10(14)4-6-11/h3-6,9,12-13,15H,7-8H2,1-2H3/t12-,13-/m0/s1. The fourth-order valence-corrected chi connectivity index (χ4v) is 7.18. The minimum atomic E-state index is -3.83. The van der Waals surface area contributed by atoms with Crippen LogP contribution in [0.3, 0.4) is 0 Å². The van der Waals surface area contributed by atoms with E-state index in [4.69, 9.17) is 0 Å². The Labute approximate surface area is 124 Å². The lowest BCUT2D eigenvalue weighted by molar-refractivity contribution is 0.484. The monoisotopic (exact) mass is 335 g/mol. The van der Waals surface area contributed by atoms with E-state index in [1.165, 1.54) is 12.1 Å². The van der Waals surface area contributed by atoms with Crippen LogP contribution in [-0.4, -0.2) is 45.7 Å². The van der Waals surface area contributed by atoms with E-state index in [1.54, 1.807) is 0 Å². The largest absolute Gasteiger partial charge is 0.309 e. The van der Waals surface area contributed by atoms with Gasteiger partial charge in [-0.3, -0.25) is 0 Å². The quantitative estimate of drug-likeness (QED) is 0.822. The Morgan fingerprint density at radius 3 is 2.29 bits per heavy atom. The summed E-state index contributed by atoms with van der Waals surface area (Å²) >= 11 is 0. The predicted molar refractivity (Wildman–Crippen MR) is 78.1 cm³/mol. The Hall–Kier alpha value is -0.990. The van der Waals surface area contributed by atoms with Crippen LogP contribution in [0, 0.1) is 5.82 Å². The van der Waals surface area contributed by atoms with E-state index in [-0.39, 0.29) is 16.7 Å². The molecule has 1 fully saturated rings. The summed E-state index contributed by atoms with van der Waals surface area (Å²) in [5.41, 5.74) is 0. The highest BCUT2D eigenvalue weighted by Crippen LogP contribution is 2.26. The molecule has 0 spiro atoms. The van der Waals surface area contributed by atoms with Crippen LogP contribution in [-0.2, 0) is 19.7 Å². The Kier molecular flexibility index (Phi) is 4.41. The minimum absolute atomic E-state index is 0.0331. The second kappa shape index (κ2) is 5.66. The number of benzene rings is 1. The Balaban J connectivity index is 2.39. The average molecular weight is 335 g/mol. The summed E-state index contributed by atoms with van der Waals surface area (Å²) in [4.78, 5) is -0.0541. The van der Waals surface area contributed by atoms with Gasteiger partial charge in [-0.1, -0.05) is 13.8 Å². The first-order valence-corrected chi connectivity index (χ1v) is 9.94. The third kappa shape index (κ3) is 3.61. The molecule has 21 heavy (non-hydrogen) atoms. The summed E-state index contributed by atoms with van der Waals surface area (Å²) in [6.07, 6.45) is 0. The van der Waals surface area contributed by atoms with Crippen LogP contribution in [0.4, 0.5) is 4.39 Å². The lowest BCUT2D eigenvalue weighted by atomic mass is 10.2. The SMILES string of the molecule is CC(C)N[C@H]1CS(=O)(=O)C[C@@H]1S(=O)(=O)c1ccc(F)cc1. The highest BCUT2D eigenvalue weighted by atomic mass is 32.2. The first kappa shape index (κ1) is 16.4. The van der Waals surface area contributed by atoms with Crippen molar-refractivity contribution in [1.29, 1.82) is 0 Å².